The molecule has 0 spiro atoms. The zero-order valence-electron chi connectivity index (χ0n) is 14.3. The van der Waals surface area contributed by atoms with Gasteiger partial charge in [-0.2, -0.15) is 0 Å². The molecule has 1 N–H and O–H groups in total. The second-order valence-corrected chi connectivity index (χ2v) is 7.25. The predicted octanol–water partition coefficient (Wildman–Crippen LogP) is 3.44. The van der Waals surface area contributed by atoms with Crippen molar-refractivity contribution in [2.75, 3.05) is 39.3 Å². The van der Waals surface area contributed by atoms with E-state index in [-0.39, 0.29) is 0 Å². The van der Waals surface area contributed by atoms with Crippen LogP contribution in [0.25, 0.3) is 0 Å². The van der Waals surface area contributed by atoms with Crippen LogP contribution in [0.3, 0.4) is 0 Å². The van der Waals surface area contributed by atoms with Crippen molar-refractivity contribution in [2.45, 2.75) is 71.3 Å². The van der Waals surface area contributed by atoms with Gasteiger partial charge in [-0.3, -0.25) is 0 Å². The van der Waals surface area contributed by atoms with Gasteiger partial charge < -0.3 is 15.0 Å². The van der Waals surface area contributed by atoms with Gasteiger partial charge in [0.15, 0.2) is 0 Å². The Labute approximate surface area is 131 Å². The van der Waals surface area contributed by atoms with E-state index in [1.807, 2.05) is 0 Å². The van der Waals surface area contributed by atoms with Crippen LogP contribution < -0.4 is 5.32 Å². The van der Waals surface area contributed by atoms with Crippen molar-refractivity contribution < 1.29 is 4.74 Å². The maximum atomic E-state index is 6.00. The molecule has 3 nitrogen and oxygen atoms in total. The summed E-state index contributed by atoms with van der Waals surface area (Å²) < 4.78 is 6.00. The first-order chi connectivity index (χ1) is 10.3. The Morgan fingerprint density at radius 3 is 2.67 bits per heavy atom. The van der Waals surface area contributed by atoms with E-state index in [2.05, 4.69) is 24.1 Å². The van der Waals surface area contributed by atoms with Gasteiger partial charge in [0.1, 0.15) is 0 Å². The van der Waals surface area contributed by atoms with E-state index in [0.29, 0.717) is 11.5 Å². The minimum absolute atomic E-state index is 0.487. The normalized spacial score (nSPS) is 26.3. The van der Waals surface area contributed by atoms with Crippen LogP contribution in [0.15, 0.2) is 0 Å². The zero-order valence-corrected chi connectivity index (χ0v) is 14.3. The summed E-state index contributed by atoms with van der Waals surface area (Å²) in [5, 5.41) is 3.70. The quantitative estimate of drug-likeness (QED) is 0.660. The summed E-state index contributed by atoms with van der Waals surface area (Å²) in [6.07, 6.45) is 11.1. The molecular formula is C18H36N2O. The molecule has 2 fully saturated rings. The first-order valence-electron chi connectivity index (χ1n) is 9.33. The number of nitrogens with one attached hydrogen (secondary N) is 1. The molecule has 0 radical (unpaired) electrons. The fourth-order valence-electron chi connectivity index (χ4n) is 4.10. The number of ether oxygens (including phenoxy) is 1. The Balaban J connectivity index is 1.81. The van der Waals surface area contributed by atoms with Gasteiger partial charge in [-0.25, -0.2) is 0 Å². The molecule has 0 aromatic heterocycles. The number of hydrogen-bond donors (Lipinski definition) is 1. The molecule has 124 valence electrons. The van der Waals surface area contributed by atoms with Gasteiger partial charge in [0, 0.05) is 26.2 Å². The van der Waals surface area contributed by atoms with Gasteiger partial charge in [0.25, 0.3) is 0 Å². The lowest BCUT2D eigenvalue weighted by Crippen LogP contribution is -2.48. The molecule has 0 aromatic carbocycles. The standard InChI is InChI=1S/C18H36N2O/c1-3-11-19-15-18(9-5-6-10-18)16-20-12-7-8-17(14-20)21-13-4-2/h17,19H,3-16H2,1-2H3. The predicted molar refractivity (Wildman–Crippen MR) is 89.8 cm³/mol. The summed E-state index contributed by atoms with van der Waals surface area (Å²) in [6.45, 7) is 11.5. The van der Waals surface area contributed by atoms with Crippen LogP contribution in [0.2, 0.25) is 0 Å². The highest BCUT2D eigenvalue weighted by molar-refractivity contribution is 4.90. The van der Waals surface area contributed by atoms with E-state index in [1.54, 1.807) is 0 Å². The Morgan fingerprint density at radius 1 is 1.14 bits per heavy atom. The van der Waals surface area contributed by atoms with Crippen molar-refractivity contribution in [3.8, 4) is 0 Å². The largest absolute Gasteiger partial charge is 0.377 e. The van der Waals surface area contributed by atoms with E-state index in [0.717, 1.165) is 19.6 Å². The molecule has 0 bridgehead atoms. The average Bonchev–Trinajstić information content (AvgIpc) is 2.94. The molecule has 21 heavy (non-hydrogen) atoms. The van der Waals surface area contributed by atoms with E-state index in [4.69, 9.17) is 4.74 Å². The Hall–Kier alpha value is -0.120. The molecule has 0 amide bonds. The first-order valence-corrected chi connectivity index (χ1v) is 9.33. The SMILES string of the molecule is CCCNCC1(CN2CCCC(OCCC)C2)CCCC1. The number of hydrogen-bond acceptors (Lipinski definition) is 3. The van der Waals surface area contributed by atoms with Crippen molar-refractivity contribution in [1.82, 2.24) is 10.2 Å². The highest BCUT2D eigenvalue weighted by Gasteiger charge is 2.36. The Bertz CT molecular complexity index is 276. The maximum absolute atomic E-state index is 6.00. The molecule has 1 aliphatic heterocycles. The first kappa shape index (κ1) is 17.2. The summed E-state index contributed by atoms with van der Waals surface area (Å²) in [5.74, 6) is 0. The van der Waals surface area contributed by atoms with E-state index < -0.39 is 0 Å². The van der Waals surface area contributed by atoms with Crippen molar-refractivity contribution >= 4 is 0 Å². The van der Waals surface area contributed by atoms with Gasteiger partial charge >= 0.3 is 0 Å². The highest BCUT2D eigenvalue weighted by Crippen LogP contribution is 2.38. The van der Waals surface area contributed by atoms with Crippen LogP contribution in [-0.4, -0.2) is 50.3 Å². The van der Waals surface area contributed by atoms with Gasteiger partial charge in [-0.1, -0.05) is 26.7 Å². The molecule has 0 aromatic rings. The number of piperidine rings is 1. The van der Waals surface area contributed by atoms with Crippen LogP contribution in [-0.2, 0) is 4.74 Å². The lowest BCUT2D eigenvalue weighted by molar-refractivity contribution is -0.0114. The van der Waals surface area contributed by atoms with Crippen LogP contribution >= 0.6 is 0 Å². The Kier molecular flexibility index (Phi) is 7.48. The second kappa shape index (κ2) is 9.12. The van der Waals surface area contributed by atoms with Crippen LogP contribution in [0.5, 0.6) is 0 Å². The van der Waals surface area contributed by atoms with Crippen LogP contribution in [0, 0.1) is 5.41 Å². The average molecular weight is 296 g/mol. The van der Waals surface area contributed by atoms with Gasteiger partial charge in [-0.15, -0.1) is 0 Å². The fourth-order valence-corrected chi connectivity index (χ4v) is 4.10. The zero-order chi connectivity index (χ0) is 15.0. The molecule has 1 atom stereocenters. The highest BCUT2D eigenvalue weighted by atomic mass is 16.5. The second-order valence-electron chi connectivity index (χ2n) is 7.25. The van der Waals surface area contributed by atoms with Crippen molar-refractivity contribution in [2.24, 2.45) is 5.41 Å². The third kappa shape index (κ3) is 5.54. The minimum atomic E-state index is 0.487. The number of likely N-dealkylation sites (tertiary alicyclic amines) is 1. The summed E-state index contributed by atoms with van der Waals surface area (Å²) in [5.41, 5.74) is 0.543. The van der Waals surface area contributed by atoms with Crippen LogP contribution in [0.4, 0.5) is 0 Å². The van der Waals surface area contributed by atoms with E-state index >= 15 is 0 Å². The summed E-state index contributed by atoms with van der Waals surface area (Å²) >= 11 is 0. The molecule has 1 heterocycles. The fraction of sp³-hybridized carbons (Fsp3) is 1.00. The third-order valence-electron chi connectivity index (χ3n) is 5.17. The number of rotatable bonds is 9. The molecule has 2 rings (SSSR count). The van der Waals surface area contributed by atoms with Gasteiger partial charge in [0.2, 0.25) is 0 Å². The molecule has 1 unspecified atom stereocenters. The van der Waals surface area contributed by atoms with Crippen LogP contribution in [0.1, 0.15) is 65.2 Å². The topological polar surface area (TPSA) is 24.5 Å². The summed E-state index contributed by atoms with van der Waals surface area (Å²) in [4.78, 5) is 2.70. The van der Waals surface area contributed by atoms with Crippen molar-refractivity contribution in [3.63, 3.8) is 0 Å². The molecule has 1 aliphatic carbocycles. The summed E-state index contributed by atoms with van der Waals surface area (Å²) in [7, 11) is 0. The lowest BCUT2D eigenvalue weighted by atomic mass is 9.84. The molecule has 2 aliphatic rings. The van der Waals surface area contributed by atoms with Crippen molar-refractivity contribution in [3.05, 3.63) is 0 Å². The third-order valence-corrected chi connectivity index (χ3v) is 5.17. The van der Waals surface area contributed by atoms with E-state index in [9.17, 15) is 0 Å². The van der Waals surface area contributed by atoms with Gasteiger partial charge in [-0.05, 0) is 57.0 Å². The van der Waals surface area contributed by atoms with Crippen molar-refractivity contribution in [1.29, 1.82) is 0 Å². The molecular weight excluding hydrogens is 260 g/mol. The van der Waals surface area contributed by atoms with Gasteiger partial charge in [0.05, 0.1) is 6.10 Å². The minimum Gasteiger partial charge on any atom is -0.377 e. The monoisotopic (exact) mass is 296 g/mol. The Morgan fingerprint density at radius 2 is 1.95 bits per heavy atom. The molecule has 3 heteroatoms. The lowest BCUT2D eigenvalue weighted by Gasteiger charge is -2.39. The molecule has 1 saturated heterocycles. The smallest absolute Gasteiger partial charge is 0.0702 e. The summed E-state index contributed by atoms with van der Waals surface area (Å²) in [6, 6.07) is 0. The molecule has 1 saturated carbocycles. The number of nitrogens with zero attached hydrogens (tertiary/aromatic N) is 1. The maximum Gasteiger partial charge on any atom is 0.0702 e. The van der Waals surface area contributed by atoms with E-state index in [1.165, 1.54) is 71.1 Å².